The minimum atomic E-state index is 0.266. The molecule has 2 fully saturated rings. The average molecular weight is 386 g/mol. The predicted molar refractivity (Wildman–Crippen MR) is 116 cm³/mol. The van der Waals surface area contributed by atoms with Crippen LogP contribution >= 0.6 is 0 Å². The highest BCUT2D eigenvalue weighted by Crippen LogP contribution is 2.28. The first-order valence-corrected chi connectivity index (χ1v) is 10.5. The number of rotatable bonds is 5. The van der Waals surface area contributed by atoms with Crippen molar-refractivity contribution >= 4 is 17.6 Å². The number of anilines is 1. The van der Waals surface area contributed by atoms with Crippen LogP contribution < -0.4 is 15.5 Å². The average Bonchev–Trinajstić information content (AvgIpc) is 3.37. The first kappa shape index (κ1) is 20.5. The molecule has 3 rings (SSSR count). The van der Waals surface area contributed by atoms with Crippen molar-refractivity contribution in [2.24, 2.45) is 10.9 Å². The van der Waals surface area contributed by atoms with Crippen molar-refractivity contribution in [2.75, 3.05) is 39.1 Å². The first-order chi connectivity index (χ1) is 13.5. The third-order valence-electron chi connectivity index (χ3n) is 5.94. The van der Waals surface area contributed by atoms with E-state index in [1.165, 1.54) is 29.7 Å². The van der Waals surface area contributed by atoms with Crippen LogP contribution in [0.3, 0.4) is 0 Å². The van der Waals surface area contributed by atoms with Gasteiger partial charge >= 0.3 is 0 Å². The highest BCUT2D eigenvalue weighted by Gasteiger charge is 2.32. The minimum absolute atomic E-state index is 0.266. The smallest absolute Gasteiger partial charge is 0.225 e. The second-order valence-corrected chi connectivity index (χ2v) is 8.35. The van der Waals surface area contributed by atoms with Gasteiger partial charge < -0.3 is 20.4 Å². The zero-order chi connectivity index (χ0) is 20.1. The van der Waals surface area contributed by atoms with Crippen molar-refractivity contribution in [1.82, 2.24) is 15.5 Å². The Kier molecular flexibility index (Phi) is 6.81. The Bertz CT molecular complexity index is 709. The van der Waals surface area contributed by atoms with E-state index < -0.39 is 0 Å². The Labute approximate surface area is 169 Å². The maximum Gasteiger partial charge on any atom is 0.225 e. The fraction of sp³-hybridized carbons (Fsp3) is 0.636. The number of hydrogen-bond acceptors (Lipinski definition) is 3. The summed E-state index contributed by atoms with van der Waals surface area (Å²) in [6.45, 7) is 4.46. The van der Waals surface area contributed by atoms with E-state index in [-0.39, 0.29) is 12.0 Å². The summed E-state index contributed by atoms with van der Waals surface area (Å²) in [5.74, 6) is 1.42. The number of aryl methyl sites for hydroxylation is 1. The summed E-state index contributed by atoms with van der Waals surface area (Å²) < 4.78 is 0. The number of carbonyl (C=O) groups is 1. The highest BCUT2D eigenvalue weighted by molar-refractivity contribution is 5.81. The van der Waals surface area contributed by atoms with Gasteiger partial charge in [0, 0.05) is 58.4 Å². The molecule has 0 bridgehead atoms. The maximum absolute atomic E-state index is 12.6. The van der Waals surface area contributed by atoms with Gasteiger partial charge in [-0.15, -0.1) is 0 Å². The lowest BCUT2D eigenvalue weighted by molar-refractivity contribution is -0.134. The van der Waals surface area contributed by atoms with Crippen LogP contribution in [0.4, 0.5) is 5.69 Å². The Morgan fingerprint density at radius 2 is 2.00 bits per heavy atom. The molecule has 1 atom stereocenters. The molecule has 1 amide bonds. The Hall–Kier alpha value is -2.24. The van der Waals surface area contributed by atoms with Crippen LogP contribution in [0, 0.1) is 12.8 Å². The fourth-order valence-electron chi connectivity index (χ4n) is 4.32. The van der Waals surface area contributed by atoms with Gasteiger partial charge in [0.15, 0.2) is 5.96 Å². The van der Waals surface area contributed by atoms with Crippen LogP contribution in [0.15, 0.2) is 23.2 Å². The third-order valence-corrected chi connectivity index (χ3v) is 5.94. The minimum Gasteiger partial charge on any atom is -0.377 e. The number of aliphatic imine (C=N–C) groups is 1. The van der Waals surface area contributed by atoms with Crippen LogP contribution in [0.1, 0.15) is 43.2 Å². The second-order valence-electron chi connectivity index (χ2n) is 8.35. The van der Waals surface area contributed by atoms with Gasteiger partial charge in [-0.1, -0.05) is 25.0 Å². The molecule has 1 aliphatic heterocycles. The van der Waals surface area contributed by atoms with Crippen LogP contribution in [0.25, 0.3) is 0 Å². The number of hydrogen-bond donors (Lipinski definition) is 2. The Morgan fingerprint density at radius 3 is 2.68 bits per heavy atom. The molecule has 1 heterocycles. The molecular formula is C22H35N5O. The van der Waals surface area contributed by atoms with E-state index in [2.05, 4.69) is 59.7 Å². The van der Waals surface area contributed by atoms with Crippen molar-refractivity contribution in [1.29, 1.82) is 0 Å². The van der Waals surface area contributed by atoms with Gasteiger partial charge in [0.05, 0.1) is 0 Å². The molecule has 6 nitrogen and oxygen atoms in total. The number of likely N-dealkylation sites (tertiary alicyclic amines) is 1. The van der Waals surface area contributed by atoms with Gasteiger partial charge in [-0.25, -0.2) is 0 Å². The zero-order valence-corrected chi connectivity index (χ0v) is 17.8. The van der Waals surface area contributed by atoms with Crippen molar-refractivity contribution in [3.05, 3.63) is 29.3 Å². The number of carbonyl (C=O) groups excluding carboxylic acids is 1. The lowest BCUT2D eigenvalue weighted by Crippen LogP contribution is -2.45. The molecular weight excluding hydrogens is 350 g/mol. The monoisotopic (exact) mass is 385 g/mol. The number of guanidine groups is 1. The summed E-state index contributed by atoms with van der Waals surface area (Å²) in [6.07, 6.45) is 5.53. The quantitative estimate of drug-likeness (QED) is 0.604. The standard InChI is InChI=1S/C22H35N5O/c1-16-9-10-18(20(13-16)26(3)4)14-24-22(23-2)25-19-11-12-27(15-19)21(28)17-7-5-6-8-17/h9-10,13,17,19H,5-8,11-12,14-15H2,1-4H3,(H2,23,24,25). The molecule has 1 aromatic rings. The van der Waals surface area contributed by atoms with Crippen LogP contribution in [0.2, 0.25) is 0 Å². The molecule has 1 saturated heterocycles. The number of amides is 1. The molecule has 6 heteroatoms. The van der Waals surface area contributed by atoms with Crippen molar-refractivity contribution in [2.45, 2.75) is 51.6 Å². The summed E-state index contributed by atoms with van der Waals surface area (Å²) in [5.41, 5.74) is 3.72. The molecule has 2 N–H and O–H groups in total. The summed E-state index contributed by atoms with van der Waals surface area (Å²) in [6, 6.07) is 6.78. The number of nitrogens with zero attached hydrogens (tertiary/aromatic N) is 3. The lowest BCUT2D eigenvalue weighted by atomic mass is 10.1. The van der Waals surface area contributed by atoms with Crippen LogP contribution in [-0.4, -0.2) is 57.0 Å². The van der Waals surface area contributed by atoms with E-state index in [0.29, 0.717) is 12.5 Å². The van der Waals surface area contributed by atoms with E-state index in [1.807, 2.05) is 4.90 Å². The Morgan fingerprint density at radius 1 is 1.25 bits per heavy atom. The zero-order valence-electron chi connectivity index (χ0n) is 17.8. The second kappa shape index (κ2) is 9.30. The van der Waals surface area contributed by atoms with Gasteiger partial charge in [-0.2, -0.15) is 0 Å². The molecule has 1 saturated carbocycles. The van der Waals surface area contributed by atoms with Gasteiger partial charge in [-0.3, -0.25) is 9.79 Å². The summed E-state index contributed by atoms with van der Waals surface area (Å²) in [4.78, 5) is 21.2. The molecule has 2 aliphatic rings. The molecule has 154 valence electrons. The summed E-state index contributed by atoms with van der Waals surface area (Å²) in [5, 5.41) is 6.94. The lowest BCUT2D eigenvalue weighted by Gasteiger charge is -2.22. The van der Waals surface area contributed by atoms with Gasteiger partial charge in [0.25, 0.3) is 0 Å². The summed E-state index contributed by atoms with van der Waals surface area (Å²) >= 11 is 0. The molecule has 28 heavy (non-hydrogen) atoms. The highest BCUT2D eigenvalue weighted by atomic mass is 16.2. The number of benzene rings is 1. The van der Waals surface area contributed by atoms with Gasteiger partial charge in [0.2, 0.25) is 5.91 Å². The maximum atomic E-state index is 12.6. The third kappa shape index (κ3) is 4.97. The molecule has 0 aromatic heterocycles. The summed E-state index contributed by atoms with van der Waals surface area (Å²) in [7, 11) is 5.94. The molecule has 1 aliphatic carbocycles. The molecule has 1 unspecified atom stereocenters. The predicted octanol–water partition coefficient (Wildman–Crippen LogP) is 2.52. The first-order valence-electron chi connectivity index (χ1n) is 10.5. The number of nitrogens with one attached hydrogen (secondary N) is 2. The molecule has 0 radical (unpaired) electrons. The molecule has 1 aromatic carbocycles. The van der Waals surface area contributed by atoms with E-state index in [9.17, 15) is 4.79 Å². The molecule has 0 spiro atoms. The van der Waals surface area contributed by atoms with Crippen molar-refractivity contribution in [3.8, 4) is 0 Å². The SMILES string of the molecule is CN=C(NCc1ccc(C)cc1N(C)C)NC1CCN(C(=O)C2CCCC2)C1. The van der Waals surface area contributed by atoms with Crippen molar-refractivity contribution < 1.29 is 4.79 Å². The van der Waals surface area contributed by atoms with Gasteiger partial charge in [-0.05, 0) is 43.4 Å². The van der Waals surface area contributed by atoms with Crippen LogP contribution in [0.5, 0.6) is 0 Å². The van der Waals surface area contributed by atoms with Crippen LogP contribution in [-0.2, 0) is 11.3 Å². The van der Waals surface area contributed by atoms with E-state index >= 15 is 0 Å². The van der Waals surface area contributed by atoms with Gasteiger partial charge in [0.1, 0.15) is 0 Å². The van der Waals surface area contributed by atoms with E-state index in [4.69, 9.17) is 0 Å². The topological polar surface area (TPSA) is 60.0 Å². The normalized spacial score (nSPS) is 20.5. The van der Waals surface area contributed by atoms with Crippen molar-refractivity contribution in [3.63, 3.8) is 0 Å². The van der Waals surface area contributed by atoms with E-state index in [0.717, 1.165) is 38.3 Å². The largest absolute Gasteiger partial charge is 0.377 e. The van der Waals surface area contributed by atoms with E-state index in [1.54, 1.807) is 7.05 Å². The fourth-order valence-corrected chi connectivity index (χ4v) is 4.32. The Balaban J connectivity index is 1.52.